The van der Waals surface area contributed by atoms with Crippen LogP contribution in [0.2, 0.25) is 0 Å². The van der Waals surface area contributed by atoms with Crippen LogP contribution in [0.15, 0.2) is 0 Å². The Kier molecular flexibility index (Phi) is 16.1. The molecule has 0 amide bonds. The molecule has 0 rings (SSSR count). The molecule has 0 saturated carbocycles. The number of carbonyl (C=O) groups excluding carboxylic acids is 2. The van der Waals surface area contributed by atoms with Gasteiger partial charge in [0, 0.05) is 0 Å². The molecule has 0 aliphatic heterocycles. The molecule has 0 aliphatic carbocycles. The van der Waals surface area contributed by atoms with Gasteiger partial charge in [-0.15, -0.1) is 0 Å². The highest BCUT2D eigenvalue weighted by atomic mass is 32.2. The van der Waals surface area contributed by atoms with Crippen LogP contribution in [-0.2, 0) is 19.1 Å². The predicted molar refractivity (Wildman–Crippen MR) is 128 cm³/mol. The van der Waals surface area contributed by atoms with E-state index in [-0.39, 0.29) is 22.8 Å². The van der Waals surface area contributed by atoms with Crippen LogP contribution in [0.3, 0.4) is 0 Å². The summed E-state index contributed by atoms with van der Waals surface area (Å²) in [5, 5.41) is 0. The molecule has 0 aromatic rings. The molecule has 0 heterocycles. The molecular formula is C23H44O4S2. The lowest BCUT2D eigenvalue weighted by molar-refractivity contribution is -0.154. The summed E-state index contributed by atoms with van der Waals surface area (Å²) >= 11 is 4.04. The van der Waals surface area contributed by atoms with Crippen molar-refractivity contribution in [1.29, 1.82) is 0 Å². The van der Waals surface area contributed by atoms with Gasteiger partial charge in [-0.2, -0.15) is 23.5 Å². The first-order valence-electron chi connectivity index (χ1n) is 11.2. The molecular weight excluding hydrogens is 404 g/mol. The lowest BCUT2D eigenvalue weighted by Gasteiger charge is -2.21. The van der Waals surface area contributed by atoms with Gasteiger partial charge in [0.2, 0.25) is 0 Å². The normalized spacial score (nSPS) is 12.1. The molecule has 0 unspecified atom stereocenters. The van der Waals surface area contributed by atoms with E-state index in [0.29, 0.717) is 13.2 Å². The van der Waals surface area contributed by atoms with Gasteiger partial charge in [-0.05, 0) is 96.7 Å². The van der Waals surface area contributed by atoms with Crippen molar-refractivity contribution in [2.75, 3.05) is 36.2 Å². The average molecular weight is 449 g/mol. The number of thioether (sulfide) groups is 2. The molecule has 0 aromatic heterocycles. The summed E-state index contributed by atoms with van der Waals surface area (Å²) in [6.07, 6.45) is 7.53. The predicted octanol–water partition coefficient (Wildman–Crippen LogP) is 6.36. The Morgan fingerprint density at radius 1 is 0.621 bits per heavy atom. The van der Waals surface area contributed by atoms with Crippen molar-refractivity contribution < 1.29 is 19.1 Å². The summed E-state index contributed by atoms with van der Waals surface area (Å²) in [6, 6.07) is 0. The molecule has 4 nitrogen and oxygen atoms in total. The molecule has 0 N–H and O–H groups in total. The van der Waals surface area contributed by atoms with Crippen molar-refractivity contribution in [2.45, 2.75) is 86.5 Å². The van der Waals surface area contributed by atoms with Crippen molar-refractivity contribution in [3.05, 3.63) is 0 Å². The van der Waals surface area contributed by atoms with E-state index in [4.69, 9.17) is 9.47 Å². The van der Waals surface area contributed by atoms with Gasteiger partial charge in [0.1, 0.15) is 0 Å². The number of hydrogen-bond donors (Lipinski definition) is 0. The second-order valence-corrected chi connectivity index (χ2v) is 11.2. The summed E-state index contributed by atoms with van der Waals surface area (Å²) in [5.41, 5.74) is -0.717. The van der Waals surface area contributed by atoms with Gasteiger partial charge < -0.3 is 9.47 Å². The minimum atomic E-state index is -0.358. The fraction of sp³-hybridized carbons (Fsp3) is 0.913. The van der Waals surface area contributed by atoms with Gasteiger partial charge in [0.05, 0.1) is 24.0 Å². The van der Waals surface area contributed by atoms with Gasteiger partial charge in [-0.1, -0.05) is 12.8 Å². The number of esters is 2. The van der Waals surface area contributed by atoms with Crippen molar-refractivity contribution in [2.24, 2.45) is 10.8 Å². The first kappa shape index (κ1) is 28.6. The van der Waals surface area contributed by atoms with E-state index in [1.165, 1.54) is 29.4 Å². The van der Waals surface area contributed by atoms with Crippen molar-refractivity contribution in [1.82, 2.24) is 0 Å². The molecule has 0 bridgehead atoms. The van der Waals surface area contributed by atoms with E-state index in [0.717, 1.165) is 38.5 Å². The molecule has 29 heavy (non-hydrogen) atoms. The zero-order valence-electron chi connectivity index (χ0n) is 19.6. The lowest BCUT2D eigenvalue weighted by atomic mass is 9.87. The fourth-order valence-electron chi connectivity index (χ4n) is 2.87. The molecule has 0 radical (unpaired) electrons. The van der Waals surface area contributed by atoms with Crippen LogP contribution < -0.4 is 0 Å². The van der Waals surface area contributed by atoms with E-state index in [1.807, 2.05) is 65.1 Å². The van der Waals surface area contributed by atoms with Gasteiger partial charge >= 0.3 is 11.9 Å². The maximum absolute atomic E-state index is 11.9. The van der Waals surface area contributed by atoms with Crippen molar-refractivity contribution in [3.63, 3.8) is 0 Å². The molecule has 0 aromatic carbocycles. The van der Waals surface area contributed by atoms with E-state index in [9.17, 15) is 9.59 Å². The Bertz CT molecular complexity index is 410. The van der Waals surface area contributed by atoms with E-state index in [1.54, 1.807) is 0 Å². The van der Waals surface area contributed by atoms with Gasteiger partial charge in [-0.3, -0.25) is 9.59 Å². The smallest absolute Gasteiger partial charge is 0.311 e. The van der Waals surface area contributed by atoms with Crippen LogP contribution in [0.1, 0.15) is 86.5 Å². The molecule has 0 saturated heterocycles. The molecule has 172 valence electrons. The van der Waals surface area contributed by atoms with E-state index >= 15 is 0 Å². The van der Waals surface area contributed by atoms with Crippen LogP contribution in [0.4, 0.5) is 0 Å². The van der Waals surface area contributed by atoms with E-state index in [2.05, 4.69) is 0 Å². The Labute approximate surface area is 188 Å². The van der Waals surface area contributed by atoms with Gasteiger partial charge in [-0.25, -0.2) is 0 Å². The van der Waals surface area contributed by atoms with Crippen LogP contribution in [0.5, 0.6) is 0 Å². The summed E-state index contributed by atoms with van der Waals surface area (Å²) < 4.78 is 10.3. The third-order valence-electron chi connectivity index (χ3n) is 4.91. The quantitative estimate of drug-likeness (QED) is 0.180. The number of carbonyl (C=O) groups is 2. The largest absolute Gasteiger partial charge is 0.466 e. The molecule has 6 heteroatoms. The summed E-state index contributed by atoms with van der Waals surface area (Å²) in [4.78, 5) is 23.7. The first-order valence-corrected chi connectivity index (χ1v) is 13.5. The second kappa shape index (κ2) is 16.3. The van der Waals surface area contributed by atoms with Crippen LogP contribution in [0.25, 0.3) is 0 Å². The Morgan fingerprint density at radius 3 is 1.31 bits per heavy atom. The Morgan fingerprint density at radius 2 is 0.966 bits per heavy atom. The van der Waals surface area contributed by atoms with Crippen LogP contribution in [-0.4, -0.2) is 48.2 Å². The number of hydrogen-bond acceptors (Lipinski definition) is 6. The highest BCUT2D eigenvalue weighted by Gasteiger charge is 2.29. The number of rotatable bonds is 18. The zero-order valence-corrected chi connectivity index (χ0v) is 21.3. The third kappa shape index (κ3) is 14.3. The molecule has 0 spiro atoms. The third-order valence-corrected chi connectivity index (χ3v) is 7.22. The van der Waals surface area contributed by atoms with Gasteiger partial charge in [0.25, 0.3) is 0 Å². The Hall–Kier alpha value is -0.360. The molecule has 0 atom stereocenters. The average Bonchev–Trinajstić information content (AvgIpc) is 2.65. The monoisotopic (exact) mass is 448 g/mol. The van der Waals surface area contributed by atoms with Crippen molar-refractivity contribution >= 4 is 35.5 Å². The standard InChI is InChI=1S/C23H44O4S2/c1-7-26-20(24)22(3,4)14-9-11-16-28-18-13-19-29-17-12-10-15-23(5,6)21(25)27-8-2/h7-19H2,1-6H3. The fourth-order valence-corrected chi connectivity index (χ4v) is 4.97. The minimum absolute atomic E-state index is 0.0749. The van der Waals surface area contributed by atoms with Crippen LogP contribution >= 0.6 is 23.5 Å². The maximum atomic E-state index is 11.9. The van der Waals surface area contributed by atoms with E-state index < -0.39 is 0 Å². The van der Waals surface area contributed by atoms with Crippen molar-refractivity contribution in [3.8, 4) is 0 Å². The molecule has 0 aliphatic rings. The van der Waals surface area contributed by atoms with Crippen LogP contribution in [0, 0.1) is 10.8 Å². The molecule has 0 fully saturated rings. The minimum Gasteiger partial charge on any atom is -0.466 e. The number of ether oxygens (including phenoxy) is 2. The summed E-state index contributed by atoms with van der Waals surface area (Å²) in [7, 11) is 0. The first-order chi connectivity index (χ1) is 13.7. The summed E-state index contributed by atoms with van der Waals surface area (Å²) in [6.45, 7) is 12.6. The second-order valence-electron chi connectivity index (χ2n) is 8.70. The SMILES string of the molecule is CCOC(=O)C(C)(C)CCCCSCCCSCCCCC(C)(C)C(=O)OCC. The summed E-state index contributed by atoms with van der Waals surface area (Å²) in [5.74, 6) is 4.62. The number of unbranched alkanes of at least 4 members (excludes halogenated alkanes) is 2. The Balaban J connectivity index is 3.50. The topological polar surface area (TPSA) is 52.6 Å². The van der Waals surface area contributed by atoms with Gasteiger partial charge in [0.15, 0.2) is 0 Å². The lowest BCUT2D eigenvalue weighted by Crippen LogP contribution is -2.26. The zero-order chi connectivity index (χ0) is 22.2. The maximum Gasteiger partial charge on any atom is 0.311 e. The highest BCUT2D eigenvalue weighted by Crippen LogP contribution is 2.26. The highest BCUT2D eigenvalue weighted by molar-refractivity contribution is 8.00.